The van der Waals surface area contributed by atoms with Crippen molar-refractivity contribution in [2.45, 2.75) is 32.7 Å². The molecule has 0 spiro atoms. The quantitative estimate of drug-likeness (QED) is 0.355. The zero-order valence-corrected chi connectivity index (χ0v) is 17.7. The topological polar surface area (TPSA) is 98.6 Å². The fraction of sp³-hybridized carbons (Fsp3) is 0.261. The van der Waals surface area contributed by atoms with Crippen molar-refractivity contribution in [3.8, 4) is 22.5 Å². The van der Waals surface area contributed by atoms with E-state index in [2.05, 4.69) is 31.7 Å². The van der Waals surface area contributed by atoms with Gasteiger partial charge in [0.1, 0.15) is 6.04 Å². The summed E-state index contributed by atoms with van der Waals surface area (Å²) in [5, 5.41) is 14.4. The van der Waals surface area contributed by atoms with Crippen LogP contribution in [0.3, 0.4) is 0 Å². The second kappa shape index (κ2) is 8.91. The van der Waals surface area contributed by atoms with Crippen molar-refractivity contribution >= 4 is 17.0 Å². The lowest BCUT2D eigenvalue weighted by molar-refractivity contribution is -0.144. The highest BCUT2D eigenvalue weighted by atomic mass is 16.5. The SMILES string of the molecule is COC(=O)C(CCC=C(C)C)n1cnc2cc(-c3ccccc3-c3nn[nH]n3)ccc21. The van der Waals surface area contributed by atoms with E-state index in [1.807, 2.05) is 60.9 Å². The molecule has 0 radical (unpaired) electrons. The fourth-order valence-electron chi connectivity index (χ4n) is 3.69. The normalized spacial score (nSPS) is 12.0. The number of rotatable bonds is 7. The number of aromatic amines is 1. The first-order valence-corrected chi connectivity index (χ1v) is 10.1. The Labute approximate surface area is 180 Å². The van der Waals surface area contributed by atoms with Gasteiger partial charge in [-0.15, -0.1) is 10.2 Å². The minimum absolute atomic E-state index is 0.270. The van der Waals surface area contributed by atoms with Crippen molar-refractivity contribution in [1.82, 2.24) is 30.2 Å². The maximum atomic E-state index is 12.5. The summed E-state index contributed by atoms with van der Waals surface area (Å²) in [6, 6.07) is 13.5. The van der Waals surface area contributed by atoms with Gasteiger partial charge in [0, 0.05) is 5.56 Å². The van der Waals surface area contributed by atoms with E-state index in [4.69, 9.17) is 4.74 Å². The smallest absolute Gasteiger partial charge is 0.328 e. The van der Waals surface area contributed by atoms with Crippen LogP contribution in [0, 0.1) is 0 Å². The van der Waals surface area contributed by atoms with Crippen molar-refractivity contribution < 1.29 is 9.53 Å². The number of carbonyl (C=O) groups is 1. The van der Waals surface area contributed by atoms with Crippen molar-refractivity contribution in [3.63, 3.8) is 0 Å². The van der Waals surface area contributed by atoms with E-state index in [-0.39, 0.29) is 5.97 Å². The van der Waals surface area contributed by atoms with Gasteiger partial charge in [0.15, 0.2) is 0 Å². The molecule has 2 aromatic carbocycles. The Morgan fingerprint density at radius 2 is 2.00 bits per heavy atom. The molecule has 4 rings (SSSR count). The molecule has 0 bridgehead atoms. The number of hydrogen-bond donors (Lipinski definition) is 1. The molecule has 0 saturated heterocycles. The molecule has 0 saturated carbocycles. The number of esters is 1. The van der Waals surface area contributed by atoms with Gasteiger partial charge in [-0.05, 0) is 55.2 Å². The third kappa shape index (κ3) is 4.23. The lowest BCUT2D eigenvalue weighted by Crippen LogP contribution is -2.20. The van der Waals surface area contributed by atoms with Crippen molar-refractivity contribution in [3.05, 3.63) is 60.4 Å². The van der Waals surface area contributed by atoms with Gasteiger partial charge in [-0.25, -0.2) is 9.78 Å². The maximum absolute atomic E-state index is 12.5. The number of carbonyl (C=O) groups excluding carboxylic acids is 1. The van der Waals surface area contributed by atoms with Crippen LogP contribution in [0.1, 0.15) is 32.7 Å². The Bertz CT molecular complexity index is 1220. The Balaban J connectivity index is 1.72. The summed E-state index contributed by atoms with van der Waals surface area (Å²) in [4.78, 5) is 17.0. The number of allylic oxidation sites excluding steroid dienone is 2. The summed E-state index contributed by atoms with van der Waals surface area (Å²) in [5.41, 5.74) is 5.75. The van der Waals surface area contributed by atoms with Gasteiger partial charge >= 0.3 is 5.97 Å². The molecule has 8 nitrogen and oxygen atoms in total. The van der Waals surface area contributed by atoms with Gasteiger partial charge in [-0.3, -0.25) is 0 Å². The van der Waals surface area contributed by atoms with E-state index >= 15 is 0 Å². The van der Waals surface area contributed by atoms with Crippen LogP contribution in [0.5, 0.6) is 0 Å². The number of benzene rings is 2. The van der Waals surface area contributed by atoms with E-state index in [1.165, 1.54) is 12.7 Å². The third-order valence-electron chi connectivity index (χ3n) is 5.20. The van der Waals surface area contributed by atoms with E-state index < -0.39 is 6.04 Å². The Morgan fingerprint density at radius 3 is 2.71 bits per heavy atom. The number of ether oxygens (including phenoxy) is 1. The monoisotopic (exact) mass is 416 g/mol. The first-order valence-electron chi connectivity index (χ1n) is 10.1. The minimum atomic E-state index is -0.428. The van der Waals surface area contributed by atoms with Crippen LogP contribution in [0.4, 0.5) is 0 Å². The summed E-state index contributed by atoms with van der Waals surface area (Å²) >= 11 is 0. The molecule has 1 N–H and O–H groups in total. The van der Waals surface area contributed by atoms with Crippen LogP contribution < -0.4 is 0 Å². The second-order valence-electron chi connectivity index (χ2n) is 7.53. The average molecular weight is 416 g/mol. The largest absolute Gasteiger partial charge is 0.467 e. The number of methoxy groups -OCH3 is 1. The van der Waals surface area contributed by atoms with E-state index in [9.17, 15) is 4.79 Å². The van der Waals surface area contributed by atoms with Crippen LogP contribution in [0.25, 0.3) is 33.5 Å². The van der Waals surface area contributed by atoms with Crippen molar-refractivity contribution in [2.75, 3.05) is 7.11 Å². The van der Waals surface area contributed by atoms with Gasteiger partial charge in [0.25, 0.3) is 0 Å². The first-order chi connectivity index (χ1) is 15.1. The zero-order chi connectivity index (χ0) is 21.8. The van der Waals surface area contributed by atoms with Crippen LogP contribution in [0.15, 0.2) is 60.4 Å². The molecule has 4 aromatic rings. The summed E-state index contributed by atoms with van der Waals surface area (Å²) in [7, 11) is 1.42. The molecule has 0 aliphatic heterocycles. The molecule has 0 aliphatic carbocycles. The van der Waals surface area contributed by atoms with Crippen LogP contribution in [-0.4, -0.2) is 43.3 Å². The van der Waals surface area contributed by atoms with Gasteiger partial charge in [-0.2, -0.15) is 5.21 Å². The number of nitrogens with zero attached hydrogens (tertiary/aromatic N) is 5. The molecule has 0 fully saturated rings. The predicted octanol–water partition coefficient (Wildman–Crippen LogP) is 4.34. The second-order valence-corrected chi connectivity index (χ2v) is 7.53. The highest BCUT2D eigenvalue weighted by Gasteiger charge is 2.22. The number of H-pyrrole nitrogens is 1. The molecule has 8 heteroatoms. The molecule has 2 heterocycles. The molecule has 31 heavy (non-hydrogen) atoms. The first kappa shape index (κ1) is 20.5. The van der Waals surface area contributed by atoms with Crippen molar-refractivity contribution in [1.29, 1.82) is 0 Å². The molecule has 1 unspecified atom stereocenters. The molecule has 2 aromatic heterocycles. The minimum Gasteiger partial charge on any atom is -0.467 e. The lowest BCUT2D eigenvalue weighted by Gasteiger charge is -2.16. The summed E-state index contributed by atoms with van der Waals surface area (Å²) in [6.07, 6.45) is 5.27. The molecule has 0 amide bonds. The number of imidazole rings is 1. The van der Waals surface area contributed by atoms with Crippen LogP contribution in [-0.2, 0) is 9.53 Å². The van der Waals surface area contributed by atoms with Crippen LogP contribution in [0.2, 0.25) is 0 Å². The molecular formula is C23H24N6O2. The van der Waals surface area contributed by atoms with Crippen LogP contribution >= 0.6 is 0 Å². The fourth-order valence-corrected chi connectivity index (χ4v) is 3.69. The highest BCUT2D eigenvalue weighted by Crippen LogP contribution is 2.32. The highest BCUT2D eigenvalue weighted by molar-refractivity contribution is 5.88. The molecule has 1 atom stereocenters. The molecule has 0 aliphatic rings. The van der Waals surface area contributed by atoms with Gasteiger partial charge in [0.2, 0.25) is 5.82 Å². The van der Waals surface area contributed by atoms with E-state index in [0.29, 0.717) is 12.2 Å². The Morgan fingerprint density at radius 1 is 1.19 bits per heavy atom. The summed E-state index contributed by atoms with van der Waals surface area (Å²) < 4.78 is 6.96. The molecular weight excluding hydrogens is 392 g/mol. The van der Waals surface area contributed by atoms with E-state index in [1.54, 1.807) is 6.33 Å². The number of aromatic nitrogens is 6. The molecule has 158 valence electrons. The number of fused-ring (bicyclic) bond motifs is 1. The number of nitrogens with one attached hydrogen (secondary N) is 1. The van der Waals surface area contributed by atoms with Gasteiger partial charge < -0.3 is 9.30 Å². The number of tetrazole rings is 1. The average Bonchev–Trinajstić information content (AvgIpc) is 3.46. The number of hydrogen-bond acceptors (Lipinski definition) is 6. The third-order valence-corrected chi connectivity index (χ3v) is 5.20. The van der Waals surface area contributed by atoms with Crippen molar-refractivity contribution in [2.24, 2.45) is 0 Å². The lowest BCUT2D eigenvalue weighted by atomic mass is 9.99. The Hall–Kier alpha value is -3.81. The van der Waals surface area contributed by atoms with E-state index in [0.717, 1.165) is 34.1 Å². The summed E-state index contributed by atoms with van der Waals surface area (Å²) in [6.45, 7) is 4.10. The Kier molecular flexibility index (Phi) is 5.88. The van der Waals surface area contributed by atoms with Gasteiger partial charge in [-0.1, -0.05) is 42.0 Å². The maximum Gasteiger partial charge on any atom is 0.328 e. The standard InChI is InChI=1S/C23H24N6O2/c1-15(2)7-6-10-21(23(30)31-3)29-14-24-19-13-16(11-12-20(19)29)17-8-4-5-9-18(17)22-25-27-28-26-22/h4-5,7-9,11-14,21H,6,10H2,1-3H3,(H,25,26,27,28). The zero-order valence-electron chi connectivity index (χ0n) is 17.7. The summed E-state index contributed by atoms with van der Waals surface area (Å²) in [5.74, 6) is 0.263. The predicted molar refractivity (Wildman–Crippen MR) is 118 cm³/mol. The van der Waals surface area contributed by atoms with Gasteiger partial charge in [0.05, 0.1) is 24.5 Å².